The molecule has 23 heavy (non-hydrogen) atoms. The fourth-order valence-electron chi connectivity index (χ4n) is 3.46. The summed E-state index contributed by atoms with van der Waals surface area (Å²) in [4.78, 5) is 15.0. The average Bonchev–Trinajstić information content (AvgIpc) is 3.30. The molecule has 1 saturated carbocycles. The molecule has 4 rings (SSSR count). The number of carbonyl (C=O) groups is 1. The number of carbonyl (C=O) groups excluding carboxylic acids is 1. The first kappa shape index (κ1) is 15.9. The summed E-state index contributed by atoms with van der Waals surface area (Å²) in [6.45, 7) is 2.29. The van der Waals surface area contributed by atoms with Gasteiger partial charge in [0.15, 0.2) is 0 Å². The maximum Gasteiger partial charge on any atom is 0.251 e. The maximum absolute atomic E-state index is 12.4. The summed E-state index contributed by atoms with van der Waals surface area (Å²) in [5.74, 6) is 2.56. The Hall–Kier alpha value is -0.650. The highest BCUT2D eigenvalue weighted by molar-refractivity contribution is 8.19. The predicted octanol–water partition coefficient (Wildman–Crippen LogP) is 3.52. The van der Waals surface area contributed by atoms with Crippen molar-refractivity contribution in [2.24, 2.45) is 0 Å². The molecule has 5 heteroatoms. The van der Waals surface area contributed by atoms with E-state index in [4.69, 9.17) is 0 Å². The Morgan fingerprint density at radius 3 is 2.26 bits per heavy atom. The van der Waals surface area contributed by atoms with Crippen LogP contribution in [0.2, 0.25) is 0 Å². The number of likely N-dealkylation sites (tertiary alicyclic amines) is 1. The molecule has 0 spiro atoms. The Balaban J connectivity index is 1.30. The molecule has 3 fully saturated rings. The summed E-state index contributed by atoms with van der Waals surface area (Å²) >= 11 is 4.01. The van der Waals surface area contributed by atoms with Crippen LogP contribution in [0.4, 0.5) is 0 Å². The van der Waals surface area contributed by atoms with E-state index >= 15 is 0 Å². The standard InChI is InChI=1S/C18H24N2OS2/c21-17(19-15-7-9-20(10-8-15)16-5-6-16)13-1-3-14(4-2-13)18-22-11-12-23-18/h1-4,15-16,18H,5-12H2,(H,19,21). The molecule has 0 atom stereocenters. The van der Waals surface area contributed by atoms with Crippen LogP contribution in [0.25, 0.3) is 0 Å². The van der Waals surface area contributed by atoms with Crippen LogP contribution in [0.1, 0.15) is 46.2 Å². The first-order valence-electron chi connectivity index (χ1n) is 8.68. The van der Waals surface area contributed by atoms with Crippen molar-refractivity contribution < 1.29 is 4.79 Å². The molecule has 3 nitrogen and oxygen atoms in total. The third-order valence-corrected chi connectivity index (χ3v) is 8.10. The van der Waals surface area contributed by atoms with Gasteiger partial charge in [-0.25, -0.2) is 0 Å². The zero-order valence-corrected chi connectivity index (χ0v) is 15.0. The summed E-state index contributed by atoms with van der Waals surface area (Å²) in [5, 5.41) is 3.23. The number of rotatable bonds is 4. The fourth-order valence-corrected chi connectivity index (χ4v) is 6.32. The van der Waals surface area contributed by atoms with E-state index in [1.54, 1.807) is 0 Å². The smallest absolute Gasteiger partial charge is 0.251 e. The average molecular weight is 349 g/mol. The molecule has 0 bridgehead atoms. The van der Waals surface area contributed by atoms with Crippen molar-refractivity contribution in [3.05, 3.63) is 35.4 Å². The second-order valence-electron chi connectivity index (χ2n) is 6.71. The third-order valence-electron chi connectivity index (χ3n) is 4.99. The molecule has 0 unspecified atom stereocenters. The first-order chi connectivity index (χ1) is 11.3. The Kier molecular flexibility index (Phi) is 4.88. The summed E-state index contributed by atoms with van der Waals surface area (Å²) in [5.41, 5.74) is 2.14. The molecule has 2 heterocycles. The van der Waals surface area contributed by atoms with Crippen molar-refractivity contribution in [3.63, 3.8) is 0 Å². The molecule has 124 valence electrons. The van der Waals surface area contributed by atoms with Gasteiger partial charge < -0.3 is 10.2 Å². The quantitative estimate of drug-likeness (QED) is 0.902. The van der Waals surface area contributed by atoms with Gasteiger partial charge in [0.1, 0.15) is 0 Å². The van der Waals surface area contributed by atoms with E-state index in [9.17, 15) is 4.79 Å². The number of benzene rings is 1. The van der Waals surface area contributed by atoms with Crippen LogP contribution >= 0.6 is 23.5 Å². The van der Waals surface area contributed by atoms with Crippen molar-refractivity contribution in [2.45, 2.75) is 42.3 Å². The van der Waals surface area contributed by atoms with E-state index in [2.05, 4.69) is 22.3 Å². The predicted molar refractivity (Wildman–Crippen MR) is 99.2 cm³/mol. The lowest BCUT2D eigenvalue weighted by molar-refractivity contribution is 0.0909. The molecular weight excluding hydrogens is 324 g/mol. The summed E-state index contributed by atoms with van der Waals surface area (Å²) in [7, 11) is 0. The van der Waals surface area contributed by atoms with E-state index in [1.165, 1.54) is 29.9 Å². The largest absolute Gasteiger partial charge is 0.349 e. The number of thioether (sulfide) groups is 2. The van der Waals surface area contributed by atoms with E-state index in [0.29, 0.717) is 10.6 Å². The first-order valence-corrected chi connectivity index (χ1v) is 10.8. The number of amides is 1. The minimum atomic E-state index is 0.0909. The van der Waals surface area contributed by atoms with Gasteiger partial charge in [0.2, 0.25) is 0 Å². The van der Waals surface area contributed by atoms with Gasteiger partial charge in [0, 0.05) is 42.2 Å². The molecule has 0 radical (unpaired) electrons. The Morgan fingerprint density at radius 2 is 1.65 bits per heavy atom. The minimum Gasteiger partial charge on any atom is -0.349 e. The van der Waals surface area contributed by atoms with Crippen molar-refractivity contribution in [1.29, 1.82) is 0 Å². The van der Waals surface area contributed by atoms with Gasteiger partial charge in [-0.15, -0.1) is 23.5 Å². The van der Waals surface area contributed by atoms with Crippen LogP contribution in [-0.2, 0) is 0 Å². The van der Waals surface area contributed by atoms with Crippen LogP contribution in [0.3, 0.4) is 0 Å². The van der Waals surface area contributed by atoms with Crippen LogP contribution in [-0.4, -0.2) is 47.5 Å². The fraction of sp³-hybridized carbons (Fsp3) is 0.611. The highest BCUT2D eigenvalue weighted by Gasteiger charge is 2.32. The molecule has 1 aromatic rings. The van der Waals surface area contributed by atoms with Gasteiger partial charge in [0.05, 0.1) is 4.58 Å². The lowest BCUT2D eigenvalue weighted by Gasteiger charge is -2.32. The van der Waals surface area contributed by atoms with Crippen molar-refractivity contribution in [2.75, 3.05) is 24.6 Å². The molecule has 0 aromatic heterocycles. The van der Waals surface area contributed by atoms with Crippen molar-refractivity contribution in [1.82, 2.24) is 10.2 Å². The highest BCUT2D eigenvalue weighted by Crippen LogP contribution is 2.45. The molecular formula is C18H24N2OS2. The van der Waals surface area contributed by atoms with E-state index in [0.717, 1.165) is 37.5 Å². The van der Waals surface area contributed by atoms with Crippen molar-refractivity contribution >= 4 is 29.4 Å². The van der Waals surface area contributed by atoms with Gasteiger partial charge in [0.25, 0.3) is 5.91 Å². The number of hydrogen-bond donors (Lipinski definition) is 1. The molecule has 1 N–H and O–H groups in total. The maximum atomic E-state index is 12.4. The van der Waals surface area contributed by atoms with Crippen LogP contribution in [0.5, 0.6) is 0 Å². The highest BCUT2D eigenvalue weighted by atomic mass is 32.2. The monoisotopic (exact) mass is 348 g/mol. The molecule has 2 saturated heterocycles. The number of hydrogen-bond acceptors (Lipinski definition) is 4. The SMILES string of the molecule is O=C(NC1CCN(C2CC2)CC1)c1ccc(C2SCCS2)cc1. The second-order valence-corrected chi connectivity index (χ2v) is 9.43. The van der Waals surface area contributed by atoms with E-state index in [-0.39, 0.29) is 5.91 Å². The normalized spacial score (nSPS) is 24.0. The lowest BCUT2D eigenvalue weighted by atomic mass is 10.0. The zero-order chi connectivity index (χ0) is 15.6. The topological polar surface area (TPSA) is 32.3 Å². The van der Waals surface area contributed by atoms with E-state index in [1.807, 2.05) is 35.7 Å². The van der Waals surface area contributed by atoms with Crippen LogP contribution in [0, 0.1) is 0 Å². The van der Waals surface area contributed by atoms with Crippen molar-refractivity contribution in [3.8, 4) is 0 Å². The Bertz CT molecular complexity index is 545. The van der Waals surface area contributed by atoms with Gasteiger partial charge in [-0.3, -0.25) is 4.79 Å². The minimum absolute atomic E-state index is 0.0909. The summed E-state index contributed by atoms with van der Waals surface area (Å²) < 4.78 is 0.555. The van der Waals surface area contributed by atoms with E-state index < -0.39 is 0 Å². The Labute approximate surface area is 147 Å². The zero-order valence-electron chi connectivity index (χ0n) is 13.4. The Morgan fingerprint density at radius 1 is 1.00 bits per heavy atom. The van der Waals surface area contributed by atoms with Gasteiger partial charge in [-0.05, 0) is 43.4 Å². The van der Waals surface area contributed by atoms with Gasteiger partial charge >= 0.3 is 0 Å². The second kappa shape index (κ2) is 7.08. The van der Waals surface area contributed by atoms with Gasteiger partial charge in [-0.2, -0.15) is 0 Å². The molecule has 1 amide bonds. The molecule has 3 aliphatic rings. The molecule has 1 aromatic carbocycles. The number of nitrogens with one attached hydrogen (secondary N) is 1. The lowest BCUT2D eigenvalue weighted by Crippen LogP contribution is -2.45. The van der Waals surface area contributed by atoms with Crippen LogP contribution in [0.15, 0.2) is 24.3 Å². The molecule has 1 aliphatic carbocycles. The number of piperidine rings is 1. The summed E-state index contributed by atoms with van der Waals surface area (Å²) in [6, 6.07) is 9.43. The third kappa shape index (κ3) is 3.89. The summed E-state index contributed by atoms with van der Waals surface area (Å²) in [6.07, 6.45) is 4.94. The molecule has 2 aliphatic heterocycles. The number of nitrogens with zero attached hydrogens (tertiary/aromatic N) is 1. The van der Waals surface area contributed by atoms with Crippen LogP contribution < -0.4 is 5.32 Å². The van der Waals surface area contributed by atoms with Gasteiger partial charge in [-0.1, -0.05) is 12.1 Å².